The van der Waals surface area contributed by atoms with Gasteiger partial charge in [0.15, 0.2) is 0 Å². The average Bonchev–Trinajstić information content (AvgIpc) is 3.26. The molecule has 1 aromatic heterocycles. The number of carboxylic acids is 1. The van der Waals surface area contributed by atoms with Crippen LogP contribution in [0, 0.1) is 0 Å². The second-order valence-electron chi connectivity index (χ2n) is 8.55. The molecule has 0 bridgehead atoms. The maximum absolute atomic E-state index is 12.9. The number of carbonyl (C=O) groups is 6. The number of carboxylic acid groups (broad SMARTS) is 1. The van der Waals surface area contributed by atoms with Crippen LogP contribution >= 0.6 is 0 Å². The molecule has 2 rings (SSSR count). The van der Waals surface area contributed by atoms with E-state index in [-0.39, 0.29) is 19.3 Å². The number of aliphatic carboxylic acids is 1. The summed E-state index contributed by atoms with van der Waals surface area (Å²) >= 11 is 0. The zero-order valence-electron chi connectivity index (χ0n) is 20.3. The van der Waals surface area contributed by atoms with E-state index >= 15 is 0 Å². The molecular formula is C23H31N7O8. The summed E-state index contributed by atoms with van der Waals surface area (Å²) in [5.74, 6) is -6.12. The lowest BCUT2D eigenvalue weighted by molar-refractivity contribution is -0.144. The molecule has 0 spiro atoms. The van der Waals surface area contributed by atoms with Crippen LogP contribution in [0.5, 0.6) is 0 Å². The Hall–Kier alpha value is -4.50. The first-order chi connectivity index (χ1) is 17.9. The van der Waals surface area contributed by atoms with Crippen LogP contribution in [0.1, 0.15) is 24.8 Å². The Labute approximate surface area is 216 Å². The quantitative estimate of drug-likeness (QED) is 0.111. The van der Waals surface area contributed by atoms with E-state index in [1.807, 2.05) is 29.6 Å². The molecule has 0 aliphatic heterocycles. The maximum atomic E-state index is 12.9. The van der Waals surface area contributed by atoms with Crippen molar-refractivity contribution in [2.24, 2.45) is 17.2 Å². The van der Waals surface area contributed by atoms with Crippen LogP contribution in [0.4, 0.5) is 0 Å². The van der Waals surface area contributed by atoms with Crippen molar-refractivity contribution in [3.05, 3.63) is 36.0 Å². The van der Waals surface area contributed by atoms with Crippen molar-refractivity contribution in [1.29, 1.82) is 0 Å². The van der Waals surface area contributed by atoms with Gasteiger partial charge in [0.05, 0.1) is 19.1 Å². The number of primary amides is 2. The van der Waals surface area contributed by atoms with Crippen molar-refractivity contribution in [2.45, 2.75) is 49.9 Å². The summed E-state index contributed by atoms with van der Waals surface area (Å²) in [6.45, 7) is -0.947. The molecule has 1 aromatic carbocycles. The molecule has 38 heavy (non-hydrogen) atoms. The smallest absolute Gasteiger partial charge is 0.326 e. The standard InChI is InChI=1S/C23H31N7O8/c24-13(7-11-9-27-14-4-2-1-3-12(11)14)20(34)28-15(5-6-18(25)32)21(35)30-17(10-31)22(36)29-16(23(37)38)8-19(26)33/h1-4,9,13,15-17,27,31H,5-8,10,24H2,(H2,25,32)(H2,26,33)(H,28,34)(H,29,36)(H,30,35)(H,37,38). The Bertz CT molecular complexity index is 1200. The van der Waals surface area contributed by atoms with Gasteiger partial charge in [-0.3, -0.25) is 24.0 Å². The normalized spacial score (nSPS) is 14.1. The highest BCUT2D eigenvalue weighted by Gasteiger charge is 2.31. The van der Waals surface area contributed by atoms with E-state index < -0.39 is 72.7 Å². The van der Waals surface area contributed by atoms with Gasteiger partial charge in [-0.15, -0.1) is 0 Å². The van der Waals surface area contributed by atoms with Gasteiger partial charge in [0.2, 0.25) is 29.5 Å². The molecule has 4 atom stereocenters. The average molecular weight is 534 g/mol. The van der Waals surface area contributed by atoms with Crippen molar-refractivity contribution in [2.75, 3.05) is 6.61 Å². The fourth-order valence-corrected chi connectivity index (χ4v) is 3.60. The van der Waals surface area contributed by atoms with Crippen LogP contribution in [-0.2, 0) is 35.2 Å². The number of hydrogen-bond acceptors (Lipinski definition) is 8. The fraction of sp³-hybridized carbons (Fsp3) is 0.391. The second-order valence-corrected chi connectivity index (χ2v) is 8.55. The van der Waals surface area contributed by atoms with E-state index in [1.165, 1.54) is 0 Å². The first-order valence-electron chi connectivity index (χ1n) is 11.5. The number of H-pyrrole nitrogens is 1. The van der Waals surface area contributed by atoms with Gasteiger partial charge in [-0.2, -0.15) is 0 Å². The third kappa shape index (κ3) is 8.56. The molecule has 1 heterocycles. The third-order valence-electron chi connectivity index (χ3n) is 5.60. The lowest BCUT2D eigenvalue weighted by atomic mass is 10.0. The van der Waals surface area contributed by atoms with Gasteiger partial charge in [0.1, 0.15) is 18.1 Å². The fourth-order valence-electron chi connectivity index (χ4n) is 3.60. The van der Waals surface area contributed by atoms with Gasteiger partial charge in [0, 0.05) is 23.5 Å². The highest BCUT2D eigenvalue weighted by atomic mass is 16.4. The summed E-state index contributed by atoms with van der Waals surface area (Å²) in [4.78, 5) is 74.8. The monoisotopic (exact) mass is 533 g/mol. The van der Waals surface area contributed by atoms with E-state index in [4.69, 9.17) is 22.3 Å². The summed E-state index contributed by atoms with van der Waals surface area (Å²) in [6.07, 6.45) is 0.566. The topological polar surface area (TPSA) is 273 Å². The van der Waals surface area contributed by atoms with Gasteiger partial charge >= 0.3 is 5.97 Å². The molecule has 12 N–H and O–H groups in total. The zero-order valence-corrected chi connectivity index (χ0v) is 20.3. The molecule has 15 heteroatoms. The molecule has 4 unspecified atom stereocenters. The lowest BCUT2D eigenvalue weighted by Gasteiger charge is -2.24. The largest absolute Gasteiger partial charge is 0.480 e. The van der Waals surface area contributed by atoms with Crippen molar-refractivity contribution in [3.8, 4) is 0 Å². The number of rotatable bonds is 15. The highest BCUT2D eigenvalue weighted by Crippen LogP contribution is 2.18. The van der Waals surface area contributed by atoms with Gasteiger partial charge in [0.25, 0.3) is 0 Å². The molecule has 15 nitrogen and oxygen atoms in total. The minimum absolute atomic E-state index is 0.123. The van der Waals surface area contributed by atoms with Crippen LogP contribution in [0.15, 0.2) is 30.5 Å². The lowest BCUT2D eigenvalue weighted by Crippen LogP contribution is -2.58. The number of nitrogens with one attached hydrogen (secondary N) is 4. The van der Waals surface area contributed by atoms with E-state index in [0.717, 1.165) is 16.5 Å². The van der Waals surface area contributed by atoms with Crippen molar-refractivity contribution in [3.63, 3.8) is 0 Å². The predicted molar refractivity (Wildman–Crippen MR) is 133 cm³/mol. The number of aromatic amines is 1. The maximum Gasteiger partial charge on any atom is 0.326 e. The molecule has 2 aromatic rings. The number of fused-ring (bicyclic) bond motifs is 1. The molecule has 5 amide bonds. The number of benzene rings is 1. The Morgan fingerprint density at radius 2 is 1.47 bits per heavy atom. The molecule has 0 saturated heterocycles. The number of amides is 5. The second kappa shape index (κ2) is 13.7. The molecule has 0 aliphatic rings. The first-order valence-corrected chi connectivity index (χ1v) is 11.5. The van der Waals surface area contributed by atoms with Gasteiger partial charge in [-0.1, -0.05) is 18.2 Å². The zero-order chi connectivity index (χ0) is 28.4. The summed E-state index contributed by atoms with van der Waals surface area (Å²) in [5.41, 5.74) is 17.8. The summed E-state index contributed by atoms with van der Waals surface area (Å²) in [5, 5.41) is 26.2. The van der Waals surface area contributed by atoms with Crippen LogP contribution in [0.2, 0.25) is 0 Å². The Morgan fingerprint density at radius 3 is 2.08 bits per heavy atom. The number of para-hydroxylation sites is 1. The van der Waals surface area contributed by atoms with E-state index in [2.05, 4.69) is 15.6 Å². The van der Waals surface area contributed by atoms with Crippen LogP contribution in [0.3, 0.4) is 0 Å². The minimum Gasteiger partial charge on any atom is -0.480 e. The summed E-state index contributed by atoms with van der Waals surface area (Å²) in [6, 6.07) is 1.59. The molecular weight excluding hydrogens is 502 g/mol. The van der Waals surface area contributed by atoms with Gasteiger partial charge in [-0.25, -0.2) is 4.79 Å². The van der Waals surface area contributed by atoms with Crippen LogP contribution < -0.4 is 33.2 Å². The van der Waals surface area contributed by atoms with Crippen molar-refractivity contribution >= 4 is 46.4 Å². The number of aliphatic hydroxyl groups excluding tert-OH is 1. The SMILES string of the molecule is NC(=O)CCC(NC(=O)C(N)Cc1c[nH]c2ccccc12)C(=O)NC(CO)C(=O)NC(CC(N)=O)C(=O)O. The van der Waals surface area contributed by atoms with Gasteiger partial charge < -0.3 is 48.3 Å². The van der Waals surface area contributed by atoms with Crippen LogP contribution in [0.25, 0.3) is 10.9 Å². The first kappa shape index (κ1) is 29.7. The Morgan fingerprint density at radius 1 is 0.868 bits per heavy atom. The third-order valence-corrected chi connectivity index (χ3v) is 5.60. The van der Waals surface area contributed by atoms with E-state index in [1.54, 1.807) is 6.20 Å². The Balaban J connectivity index is 2.09. The Kier molecular flexibility index (Phi) is 10.7. The number of aromatic nitrogens is 1. The van der Waals surface area contributed by atoms with E-state index in [9.17, 15) is 33.9 Å². The highest BCUT2D eigenvalue weighted by molar-refractivity contribution is 5.95. The van der Waals surface area contributed by atoms with Crippen LogP contribution in [-0.4, -0.2) is 81.5 Å². The number of carbonyl (C=O) groups excluding carboxylic acids is 5. The molecule has 0 fully saturated rings. The van der Waals surface area contributed by atoms with Crippen molar-refractivity contribution < 1.29 is 39.0 Å². The summed E-state index contributed by atoms with van der Waals surface area (Å²) in [7, 11) is 0. The number of aliphatic hydroxyl groups is 1. The molecule has 0 aliphatic carbocycles. The number of nitrogens with two attached hydrogens (primary N) is 3. The molecule has 0 saturated carbocycles. The minimum atomic E-state index is -1.70. The van der Waals surface area contributed by atoms with E-state index in [0.29, 0.717) is 0 Å². The number of hydrogen-bond donors (Lipinski definition) is 9. The predicted octanol–water partition coefficient (Wildman–Crippen LogP) is -3.29. The summed E-state index contributed by atoms with van der Waals surface area (Å²) < 4.78 is 0. The van der Waals surface area contributed by atoms with Gasteiger partial charge in [-0.05, 0) is 24.5 Å². The molecule has 206 valence electrons. The molecule has 0 radical (unpaired) electrons. The van der Waals surface area contributed by atoms with Crippen molar-refractivity contribution in [1.82, 2.24) is 20.9 Å².